The van der Waals surface area contributed by atoms with Crippen LogP contribution in [0.2, 0.25) is 0 Å². The van der Waals surface area contributed by atoms with Gasteiger partial charge in [0.05, 0.1) is 11.7 Å². The Morgan fingerprint density at radius 1 is 1.44 bits per heavy atom. The first-order valence-electron chi connectivity index (χ1n) is 5.35. The highest BCUT2D eigenvalue weighted by atomic mass is 16.5. The van der Waals surface area contributed by atoms with Gasteiger partial charge in [0.15, 0.2) is 0 Å². The monoisotopic (exact) mass is 223 g/mol. The van der Waals surface area contributed by atoms with Crippen LogP contribution >= 0.6 is 0 Å². The van der Waals surface area contributed by atoms with Gasteiger partial charge >= 0.3 is 5.97 Å². The Hall–Kier alpha value is -1.58. The van der Waals surface area contributed by atoms with Crippen molar-refractivity contribution in [2.24, 2.45) is 5.92 Å². The summed E-state index contributed by atoms with van der Waals surface area (Å²) in [6.45, 7) is 6.23. The lowest BCUT2D eigenvalue weighted by Gasteiger charge is -2.15. The number of carboxylic acid groups (broad SMARTS) is 1. The molecule has 0 fully saturated rings. The molecule has 4 heteroatoms. The van der Waals surface area contributed by atoms with Crippen molar-refractivity contribution in [2.75, 3.05) is 0 Å². The van der Waals surface area contributed by atoms with Crippen LogP contribution in [0, 0.1) is 5.92 Å². The first-order chi connectivity index (χ1) is 7.49. The molecule has 0 saturated carbocycles. The Morgan fingerprint density at radius 2 is 2.12 bits per heavy atom. The van der Waals surface area contributed by atoms with Crippen LogP contribution in [0.3, 0.4) is 0 Å². The number of aromatic carboxylic acids is 1. The quantitative estimate of drug-likeness (QED) is 0.833. The van der Waals surface area contributed by atoms with Crippen molar-refractivity contribution < 1.29 is 14.6 Å². The average Bonchev–Trinajstić information content (AvgIpc) is 2.16. The molecule has 4 nitrogen and oxygen atoms in total. The zero-order valence-corrected chi connectivity index (χ0v) is 9.80. The second-order valence-electron chi connectivity index (χ2n) is 4.25. The third-order valence-corrected chi connectivity index (χ3v) is 2.11. The smallest absolute Gasteiger partial charge is 0.337 e. The van der Waals surface area contributed by atoms with E-state index in [1.165, 1.54) is 12.3 Å². The zero-order valence-electron chi connectivity index (χ0n) is 9.80. The Labute approximate surface area is 95.3 Å². The van der Waals surface area contributed by atoms with E-state index in [9.17, 15) is 4.79 Å². The van der Waals surface area contributed by atoms with Gasteiger partial charge in [0.2, 0.25) is 5.88 Å². The Bertz CT molecular complexity index is 346. The molecule has 0 saturated heterocycles. The Morgan fingerprint density at radius 3 is 2.56 bits per heavy atom. The van der Waals surface area contributed by atoms with Gasteiger partial charge in [-0.1, -0.05) is 13.8 Å². The fourth-order valence-electron chi connectivity index (χ4n) is 1.49. The molecule has 1 N–H and O–H groups in total. The molecule has 0 aliphatic heterocycles. The molecular weight excluding hydrogens is 206 g/mol. The number of ether oxygens (including phenoxy) is 1. The van der Waals surface area contributed by atoms with E-state index in [4.69, 9.17) is 9.84 Å². The minimum absolute atomic E-state index is 0.0863. The topological polar surface area (TPSA) is 59.4 Å². The molecule has 1 aromatic rings. The second-order valence-corrected chi connectivity index (χ2v) is 4.25. The van der Waals surface area contributed by atoms with E-state index in [1.54, 1.807) is 6.07 Å². The first-order valence-corrected chi connectivity index (χ1v) is 5.35. The molecule has 16 heavy (non-hydrogen) atoms. The van der Waals surface area contributed by atoms with Gasteiger partial charge < -0.3 is 9.84 Å². The van der Waals surface area contributed by atoms with E-state index in [-0.39, 0.29) is 11.7 Å². The van der Waals surface area contributed by atoms with Crippen molar-refractivity contribution in [1.29, 1.82) is 0 Å². The molecule has 1 heterocycles. The van der Waals surface area contributed by atoms with Crippen LogP contribution in [0.25, 0.3) is 0 Å². The number of hydrogen-bond donors (Lipinski definition) is 1. The third kappa shape index (κ3) is 3.88. The molecule has 1 rings (SSSR count). The van der Waals surface area contributed by atoms with Crippen LogP contribution in [0.1, 0.15) is 37.6 Å². The van der Waals surface area contributed by atoms with Crippen molar-refractivity contribution in [3.8, 4) is 5.88 Å². The van der Waals surface area contributed by atoms with E-state index < -0.39 is 5.97 Å². The molecular formula is C12H17NO3. The van der Waals surface area contributed by atoms with Gasteiger partial charge in [-0.15, -0.1) is 0 Å². The van der Waals surface area contributed by atoms with Gasteiger partial charge in [0.1, 0.15) is 0 Å². The summed E-state index contributed by atoms with van der Waals surface area (Å²) in [4.78, 5) is 14.5. The standard InChI is InChI=1S/C12H17NO3/c1-8(2)6-9(3)16-11-5-4-10(7-13-11)12(14)15/h4-5,7-9H,6H2,1-3H3,(H,14,15). The molecule has 0 aliphatic rings. The summed E-state index contributed by atoms with van der Waals surface area (Å²) in [6, 6.07) is 3.08. The number of rotatable bonds is 5. The average molecular weight is 223 g/mol. The van der Waals surface area contributed by atoms with Gasteiger partial charge in [-0.2, -0.15) is 0 Å². The molecule has 1 unspecified atom stereocenters. The summed E-state index contributed by atoms with van der Waals surface area (Å²) in [5.41, 5.74) is 0.170. The minimum Gasteiger partial charge on any atom is -0.478 e. The summed E-state index contributed by atoms with van der Waals surface area (Å²) >= 11 is 0. The maximum atomic E-state index is 10.6. The number of pyridine rings is 1. The molecule has 0 spiro atoms. The van der Waals surface area contributed by atoms with E-state index in [2.05, 4.69) is 18.8 Å². The number of hydrogen-bond acceptors (Lipinski definition) is 3. The third-order valence-electron chi connectivity index (χ3n) is 2.11. The van der Waals surface area contributed by atoms with Crippen molar-refractivity contribution >= 4 is 5.97 Å². The largest absolute Gasteiger partial charge is 0.478 e. The highest BCUT2D eigenvalue weighted by Crippen LogP contribution is 2.13. The molecule has 0 aromatic carbocycles. The lowest BCUT2D eigenvalue weighted by atomic mass is 10.1. The first kappa shape index (κ1) is 12.5. The number of nitrogens with zero attached hydrogens (tertiary/aromatic N) is 1. The summed E-state index contributed by atoms with van der Waals surface area (Å²) in [6.07, 6.45) is 2.34. The fourth-order valence-corrected chi connectivity index (χ4v) is 1.49. The maximum Gasteiger partial charge on any atom is 0.337 e. The number of aromatic nitrogens is 1. The minimum atomic E-state index is -0.978. The SMILES string of the molecule is CC(C)CC(C)Oc1ccc(C(=O)O)cn1. The van der Waals surface area contributed by atoms with Gasteiger partial charge in [-0.05, 0) is 25.3 Å². The van der Waals surface area contributed by atoms with Crippen molar-refractivity contribution in [3.05, 3.63) is 23.9 Å². The number of carboxylic acids is 1. The van der Waals surface area contributed by atoms with E-state index in [1.807, 2.05) is 6.92 Å². The lowest BCUT2D eigenvalue weighted by Crippen LogP contribution is -2.15. The summed E-state index contributed by atoms with van der Waals surface area (Å²) in [5.74, 6) is 0.0562. The Kier molecular flexibility index (Phi) is 4.28. The highest BCUT2D eigenvalue weighted by molar-refractivity contribution is 5.87. The molecule has 0 aliphatic carbocycles. The van der Waals surface area contributed by atoms with Gasteiger partial charge in [-0.3, -0.25) is 0 Å². The zero-order chi connectivity index (χ0) is 12.1. The van der Waals surface area contributed by atoms with Crippen LogP contribution in [0.5, 0.6) is 5.88 Å². The second kappa shape index (κ2) is 5.49. The van der Waals surface area contributed by atoms with Gasteiger partial charge in [-0.25, -0.2) is 9.78 Å². The van der Waals surface area contributed by atoms with E-state index in [0.717, 1.165) is 6.42 Å². The lowest BCUT2D eigenvalue weighted by molar-refractivity contribution is 0.0696. The summed E-state index contributed by atoms with van der Waals surface area (Å²) < 4.78 is 5.56. The molecule has 0 amide bonds. The normalized spacial score (nSPS) is 12.5. The van der Waals surface area contributed by atoms with Crippen LogP contribution in [-0.2, 0) is 0 Å². The maximum absolute atomic E-state index is 10.6. The van der Waals surface area contributed by atoms with Crippen LogP contribution in [0.4, 0.5) is 0 Å². The van der Waals surface area contributed by atoms with Crippen molar-refractivity contribution in [2.45, 2.75) is 33.3 Å². The molecule has 88 valence electrons. The molecule has 1 atom stereocenters. The highest BCUT2D eigenvalue weighted by Gasteiger charge is 2.08. The summed E-state index contributed by atoms with van der Waals surface area (Å²) in [5, 5.41) is 8.70. The summed E-state index contributed by atoms with van der Waals surface area (Å²) in [7, 11) is 0. The predicted octanol–water partition coefficient (Wildman–Crippen LogP) is 2.59. The Balaban J connectivity index is 2.58. The van der Waals surface area contributed by atoms with Gasteiger partial charge in [0.25, 0.3) is 0 Å². The predicted molar refractivity (Wildman–Crippen MR) is 60.7 cm³/mol. The fraction of sp³-hybridized carbons (Fsp3) is 0.500. The molecule has 0 bridgehead atoms. The van der Waals surface area contributed by atoms with Crippen LogP contribution < -0.4 is 4.74 Å². The van der Waals surface area contributed by atoms with Crippen molar-refractivity contribution in [1.82, 2.24) is 4.98 Å². The number of carbonyl (C=O) groups is 1. The molecule has 0 radical (unpaired) electrons. The van der Waals surface area contributed by atoms with E-state index in [0.29, 0.717) is 11.8 Å². The van der Waals surface area contributed by atoms with Crippen molar-refractivity contribution in [3.63, 3.8) is 0 Å². The van der Waals surface area contributed by atoms with Gasteiger partial charge in [0, 0.05) is 12.3 Å². The van der Waals surface area contributed by atoms with Crippen LogP contribution in [-0.4, -0.2) is 22.2 Å². The van der Waals surface area contributed by atoms with E-state index >= 15 is 0 Å². The van der Waals surface area contributed by atoms with Crippen LogP contribution in [0.15, 0.2) is 18.3 Å². The molecule has 1 aromatic heterocycles.